The molecular weight excluding hydrogens is 559 g/mol. The van der Waals surface area contributed by atoms with Gasteiger partial charge in [-0.1, -0.05) is 24.3 Å². The Kier molecular flexibility index (Phi) is 7.03. The van der Waals surface area contributed by atoms with E-state index < -0.39 is 5.83 Å². The molecule has 8 rings (SSSR count). The lowest BCUT2D eigenvalue weighted by molar-refractivity contribution is 0.0642. The van der Waals surface area contributed by atoms with E-state index in [1.54, 1.807) is 12.1 Å². The van der Waals surface area contributed by atoms with Gasteiger partial charge in [0.15, 0.2) is 5.83 Å². The number of anilines is 1. The van der Waals surface area contributed by atoms with Crippen LogP contribution in [0.15, 0.2) is 41.4 Å². The van der Waals surface area contributed by atoms with Crippen molar-refractivity contribution < 1.29 is 19.3 Å². The fourth-order valence-corrected chi connectivity index (χ4v) is 8.36. The van der Waals surface area contributed by atoms with Crippen LogP contribution < -0.4 is 25.5 Å². The largest absolute Gasteiger partial charge is 0.508 e. The number of hydrogen-bond donors (Lipinski definition) is 3. The first-order valence-corrected chi connectivity index (χ1v) is 16.0. The molecule has 3 N–H and O–H groups in total. The molecule has 230 valence electrons. The number of fused-ring (bicyclic) bond motifs is 5. The van der Waals surface area contributed by atoms with Crippen molar-refractivity contribution in [3.8, 4) is 11.8 Å². The summed E-state index contributed by atoms with van der Waals surface area (Å²) in [5.74, 6) is 0.373. The SMILES string of the molecule is OCC1CCC2(COc3nc(N4CC5CCC(C4)N5)c4c(n3)=C(F)C(Cc3cc(O)cc5ccccc35)=NCC=4)CCCN12. The Bertz CT molecular complexity index is 1750. The number of piperazine rings is 1. The number of nitrogens with zero attached hydrogens (tertiary/aromatic N) is 5. The molecule has 5 aliphatic rings. The van der Waals surface area contributed by atoms with E-state index in [9.17, 15) is 10.2 Å². The molecule has 0 spiro atoms. The van der Waals surface area contributed by atoms with Crippen LogP contribution in [0.5, 0.6) is 11.8 Å². The molecule has 4 atom stereocenters. The van der Waals surface area contributed by atoms with Crippen LogP contribution in [-0.4, -0.2) is 93.8 Å². The maximum Gasteiger partial charge on any atom is 0.319 e. The average Bonchev–Trinajstić information content (AvgIpc) is 3.68. The van der Waals surface area contributed by atoms with Crippen LogP contribution in [0.2, 0.25) is 0 Å². The molecule has 1 aromatic heterocycles. The summed E-state index contributed by atoms with van der Waals surface area (Å²) in [6.45, 7) is 3.43. The molecule has 5 aliphatic heterocycles. The predicted molar refractivity (Wildman–Crippen MR) is 168 cm³/mol. The van der Waals surface area contributed by atoms with Crippen molar-refractivity contribution in [3.63, 3.8) is 0 Å². The number of benzene rings is 2. The van der Waals surface area contributed by atoms with Gasteiger partial charge in [-0.25, -0.2) is 4.39 Å². The van der Waals surface area contributed by atoms with Gasteiger partial charge in [-0.15, -0.1) is 0 Å². The zero-order valence-electron chi connectivity index (χ0n) is 24.9. The second-order valence-electron chi connectivity index (χ2n) is 13.1. The number of phenols is 1. The zero-order chi connectivity index (χ0) is 29.8. The Morgan fingerprint density at radius 1 is 1.07 bits per heavy atom. The van der Waals surface area contributed by atoms with Crippen molar-refractivity contribution in [3.05, 3.63) is 52.5 Å². The minimum Gasteiger partial charge on any atom is -0.508 e. The van der Waals surface area contributed by atoms with E-state index in [0.717, 1.165) is 74.5 Å². The van der Waals surface area contributed by atoms with Gasteiger partial charge in [0.25, 0.3) is 0 Å². The molecule has 10 heteroatoms. The second-order valence-corrected chi connectivity index (χ2v) is 13.1. The number of ether oxygens (including phenoxy) is 1. The Hall–Kier alpha value is -3.60. The second kappa shape index (κ2) is 11.1. The van der Waals surface area contributed by atoms with E-state index in [1.807, 2.05) is 30.3 Å². The number of phenolic OH excluding ortho intramolecular Hbond substituents is 1. The van der Waals surface area contributed by atoms with Gasteiger partial charge in [-0.05, 0) is 79.6 Å². The molecular formula is C34H39FN6O3. The minimum atomic E-state index is -0.477. The fourth-order valence-electron chi connectivity index (χ4n) is 8.36. The number of aliphatic hydroxyl groups is 1. The van der Waals surface area contributed by atoms with Gasteiger partial charge in [-0.3, -0.25) is 9.89 Å². The third-order valence-corrected chi connectivity index (χ3v) is 10.5. The quantitative estimate of drug-likeness (QED) is 0.380. The van der Waals surface area contributed by atoms with Crippen molar-refractivity contribution >= 4 is 34.2 Å². The molecule has 9 nitrogen and oxygen atoms in total. The van der Waals surface area contributed by atoms with Gasteiger partial charge >= 0.3 is 6.01 Å². The first-order chi connectivity index (χ1) is 21.5. The fraction of sp³-hybridized carbons (Fsp3) is 0.500. The minimum absolute atomic E-state index is 0.143. The van der Waals surface area contributed by atoms with Crippen LogP contribution in [-0.2, 0) is 6.42 Å². The number of hydrogen-bond acceptors (Lipinski definition) is 9. The summed E-state index contributed by atoms with van der Waals surface area (Å²) >= 11 is 0. The van der Waals surface area contributed by atoms with Crippen molar-refractivity contribution in [1.82, 2.24) is 20.2 Å². The third kappa shape index (κ3) is 4.83. The topological polar surface area (TPSA) is 106 Å². The van der Waals surface area contributed by atoms with Gasteiger partial charge in [-0.2, -0.15) is 9.97 Å². The third-order valence-electron chi connectivity index (χ3n) is 10.5. The zero-order valence-corrected chi connectivity index (χ0v) is 24.9. The highest BCUT2D eigenvalue weighted by molar-refractivity contribution is 6.17. The number of aliphatic imine (C=N–C) groups is 1. The van der Waals surface area contributed by atoms with Crippen LogP contribution in [0.4, 0.5) is 10.2 Å². The van der Waals surface area contributed by atoms with Gasteiger partial charge in [0.2, 0.25) is 0 Å². The van der Waals surface area contributed by atoms with Gasteiger partial charge in [0.05, 0.1) is 24.4 Å². The van der Waals surface area contributed by atoms with E-state index in [2.05, 4.69) is 20.1 Å². The molecule has 0 radical (unpaired) electrons. The van der Waals surface area contributed by atoms with Crippen LogP contribution in [0.3, 0.4) is 0 Å². The van der Waals surface area contributed by atoms with Gasteiger partial charge in [0, 0.05) is 42.9 Å². The number of halogens is 1. The number of nitrogens with one attached hydrogen (secondary N) is 1. The van der Waals surface area contributed by atoms with Crippen molar-refractivity contribution in [2.45, 2.75) is 68.6 Å². The van der Waals surface area contributed by atoms with Crippen molar-refractivity contribution in [1.29, 1.82) is 0 Å². The molecule has 0 amide bonds. The summed E-state index contributed by atoms with van der Waals surface area (Å²) in [5, 5.41) is 26.8. The predicted octanol–water partition coefficient (Wildman–Crippen LogP) is 2.20. The monoisotopic (exact) mass is 598 g/mol. The average molecular weight is 599 g/mol. The Balaban J connectivity index is 1.19. The molecule has 4 unspecified atom stereocenters. The normalized spacial score (nSPS) is 28.0. The maximum absolute atomic E-state index is 16.7. The van der Waals surface area contributed by atoms with Crippen LogP contribution in [0.1, 0.15) is 44.1 Å². The van der Waals surface area contributed by atoms with E-state index in [4.69, 9.17) is 14.7 Å². The lowest BCUT2D eigenvalue weighted by Gasteiger charge is -2.35. The first-order valence-electron chi connectivity index (χ1n) is 16.0. The van der Waals surface area contributed by atoms with Crippen LogP contribution in [0.25, 0.3) is 22.7 Å². The van der Waals surface area contributed by atoms with Gasteiger partial charge in [0.1, 0.15) is 23.5 Å². The van der Waals surface area contributed by atoms with Gasteiger partial charge < -0.3 is 25.2 Å². The number of aromatic hydroxyl groups is 1. The number of aromatic nitrogens is 2. The molecule has 0 saturated carbocycles. The Morgan fingerprint density at radius 2 is 1.91 bits per heavy atom. The Morgan fingerprint density at radius 3 is 2.75 bits per heavy atom. The number of rotatable bonds is 7. The summed E-state index contributed by atoms with van der Waals surface area (Å²) in [4.78, 5) is 19.0. The molecule has 2 bridgehead atoms. The lowest BCUT2D eigenvalue weighted by atomic mass is 9.95. The van der Waals surface area contributed by atoms with E-state index in [1.165, 1.54) is 0 Å². The van der Waals surface area contributed by atoms with E-state index >= 15 is 4.39 Å². The molecule has 4 saturated heterocycles. The van der Waals surface area contributed by atoms with Crippen LogP contribution >= 0.6 is 0 Å². The number of aliphatic hydroxyl groups excluding tert-OH is 1. The maximum atomic E-state index is 16.7. The summed E-state index contributed by atoms with van der Waals surface area (Å²) < 4.78 is 23.1. The van der Waals surface area contributed by atoms with Crippen molar-refractivity contribution in [2.75, 3.05) is 44.3 Å². The summed E-state index contributed by atoms with van der Waals surface area (Å²) in [6, 6.07) is 12.3. The molecule has 6 heterocycles. The van der Waals surface area contributed by atoms with E-state index in [0.29, 0.717) is 42.0 Å². The standard InChI is InChI=1S/C34H39FN6O3/c35-30-29(16-22-15-26(43)14-21-4-1-2-5-27(21)22)36-12-9-28-31(30)38-33(39-32(28)40-17-23-6-7-24(18-40)37-23)44-20-34-10-3-13-41(34)25(19-42)8-11-34/h1-2,4-5,9,14-15,23-25,37,42-43H,3,6-8,10-13,16-20H2. The molecule has 3 aromatic rings. The summed E-state index contributed by atoms with van der Waals surface area (Å²) in [6.07, 6.45) is 8.38. The molecule has 0 aliphatic carbocycles. The molecule has 4 fully saturated rings. The molecule has 44 heavy (non-hydrogen) atoms. The van der Waals surface area contributed by atoms with E-state index in [-0.39, 0.29) is 41.7 Å². The highest BCUT2D eigenvalue weighted by atomic mass is 19.1. The summed E-state index contributed by atoms with van der Waals surface area (Å²) in [5.41, 5.74) is 0.964. The Labute approximate surface area is 255 Å². The first kappa shape index (κ1) is 27.9. The summed E-state index contributed by atoms with van der Waals surface area (Å²) in [7, 11) is 0. The highest BCUT2D eigenvalue weighted by Crippen LogP contribution is 2.42. The molecule has 2 aromatic carbocycles. The van der Waals surface area contributed by atoms with Crippen LogP contribution in [0, 0.1) is 0 Å². The lowest BCUT2D eigenvalue weighted by Crippen LogP contribution is -2.54. The van der Waals surface area contributed by atoms with Crippen molar-refractivity contribution in [2.24, 2.45) is 4.99 Å². The smallest absolute Gasteiger partial charge is 0.319 e. The highest BCUT2D eigenvalue weighted by Gasteiger charge is 2.49.